The molecule has 0 radical (unpaired) electrons. The van der Waals surface area contributed by atoms with E-state index < -0.39 is 0 Å². The van der Waals surface area contributed by atoms with Crippen LogP contribution < -0.4 is 5.23 Å². The highest BCUT2D eigenvalue weighted by molar-refractivity contribution is 6.52. The van der Waals surface area contributed by atoms with E-state index in [2.05, 4.69) is 5.23 Å². The third kappa shape index (κ3) is 0.930. The maximum Gasteiger partial charge on any atom is 0.412 e. The Labute approximate surface area is 42.2 Å². The second kappa shape index (κ2) is 1.54. The van der Waals surface area contributed by atoms with Gasteiger partial charge < -0.3 is 9.88 Å². The van der Waals surface area contributed by atoms with E-state index >= 15 is 0 Å². The standard InChI is InChI=1S/C3H6BNO2/c1-4-5-3(6)2-7-4/h2H2,1H3,(H,5,6). The number of nitrogens with one attached hydrogen (secondary N) is 1. The van der Waals surface area contributed by atoms with Crippen LogP contribution in [-0.2, 0) is 9.45 Å². The SMILES string of the molecule is CB1NC(=O)CO1. The van der Waals surface area contributed by atoms with Gasteiger partial charge in [0.15, 0.2) is 0 Å². The molecular formula is C3H6BNO2. The zero-order valence-corrected chi connectivity index (χ0v) is 4.10. The van der Waals surface area contributed by atoms with Crippen molar-refractivity contribution in [2.75, 3.05) is 6.61 Å². The minimum atomic E-state index is -0.0764. The second-order valence-electron chi connectivity index (χ2n) is 1.52. The van der Waals surface area contributed by atoms with Crippen LogP contribution in [0.3, 0.4) is 0 Å². The predicted octanol–water partition coefficient (Wildman–Crippen LogP) is -0.749. The summed E-state index contributed by atoms with van der Waals surface area (Å²) < 4.78 is 4.80. The Kier molecular flexibility index (Phi) is 1.02. The Morgan fingerprint density at radius 2 is 2.71 bits per heavy atom. The van der Waals surface area contributed by atoms with Gasteiger partial charge in [0.05, 0.1) is 0 Å². The molecule has 1 fully saturated rings. The summed E-state index contributed by atoms with van der Waals surface area (Å²) in [5.74, 6) is -0.0208. The fourth-order valence-electron chi connectivity index (χ4n) is 0.511. The minimum absolute atomic E-state index is 0.0208. The molecule has 4 heteroatoms. The van der Waals surface area contributed by atoms with Crippen molar-refractivity contribution < 1.29 is 9.45 Å². The Morgan fingerprint density at radius 1 is 2.00 bits per heavy atom. The van der Waals surface area contributed by atoms with E-state index in [4.69, 9.17) is 4.65 Å². The summed E-state index contributed by atoms with van der Waals surface area (Å²) in [7, 11) is -0.0764. The van der Waals surface area contributed by atoms with Crippen molar-refractivity contribution in [2.24, 2.45) is 0 Å². The molecule has 1 heterocycles. The molecule has 1 rings (SSSR count). The van der Waals surface area contributed by atoms with E-state index in [-0.39, 0.29) is 19.6 Å². The normalized spacial score (nSPS) is 20.1. The van der Waals surface area contributed by atoms with Crippen molar-refractivity contribution in [1.29, 1.82) is 0 Å². The number of hydrogen-bond acceptors (Lipinski definition) is 2. The third-order valence-corrected chi connectivity index (χ3v) is 0.829. The van der Waals surface area contributed by atoms with E-state index in [0.717, 1.165) is 0 Å². The van der Waals surface area contributed by atoms with Crippen LogP contribution in [0.15, 0.2) is 0 Å². The molecule has 1 aliphatic rings. The first kappa shape index (κ1) is 4.65. The van der Waals surface area contributed by atoms with Gasteiger partial charge in [0.2, 0.25) is 5.91 Å². The molecule has 38 valence electrons. The Hall–Kier alpha value is -0.505. The van der Waals surface area contributed by atoms with Crippen LogP contribution >= 0.6 is 0 Å². The molecule has 0 saturated carbocycles. The zero-order chi connectivity index (χ0) is 5.28. The molecule has 3 nitrogen and oxygen atoms in total. The summed E-state index contributed by atoms with van der Waals surface area (Å²) in [4.78, 5) is 10.2. The van der Waals surface area contributed by atoms with E-state index in [9.17, 15) is 4.79 Å². The lowest BCUT2D eigenvalue weighted by Crippen LogP contribution is -2.27. The van der Waals surface area contributed by atoms with Crippen LogP contribution in [0.2, 0.25) is 6.82 Å². The van der Waals surface area contributed by atoms with E-state index in [1.165, 1.54) is 0 Å². The van der Waals surface area contributed by atoms with Crippen molar-refractivity contribution >= 4 is 13.0 Å². The summed E-state index contributed by atoms with van der Waals surface area (Å²) >= 11 is 0. The Bertz CT molecular complexity index is 94.9. The Balaban J connectivity index is 2.40. The van der Waals surface area contributed by atoms with Crippen LogP contribution in [0.1, 0.15) is 0 Å². The van der Waals surface area contributed by atoms with Crippen molar-refractivity contribution in [3.05, 3.63) is 0 Å². The third-order valence-electron chi connectivity index (χ3n) is 0.829. The Morgan fingerprint density at radius 3 is 2.86 bits per heavy atom. The first-order valence-electron chi connectivity index (χ1n) is 2.20. The van der Waals surface area contributed by atoms with Crippen LogP contribution in [0, 0.1) is 0 Å². The number of amides is 1. The van der Waals surface area contributed by atoms with Crippen LogP contribution in [0.4, 0.5) is 0 Å². The first-order chi connectivity index (χ1) is 3.29. The number of carbonyl (C=O) groups excluding carboxylic acids is 1. The topological polar surface area (TPSA) is 38.3 Å². The van der Waals surface area contributed by atoms with E-state index in [0.29, 0.717) is 0 Å². The fraction of sp³-hybridized carbons (Fsp3) is 0.667. The predicted molar refractivity (Wildman–Crippen MR) is 25.7 cm³/mol. The average molecular weight is 98.9 g/mol. The lowest BCUT2D eigenvalue weighted by atomic mass is 9.90. The second-order valence-corrected chi connectivity index (χ2v) is 1.52. The lowest BCUT2D eigenvalue weighted by Gasteiger charge is -1.88. The molecule has 7 heavy (non-hydrogen) atoms. The summed E-state index contributed by atoms with van der Waals surface area (Å²) in [6, 6.07) is 0. The van der Waals surface area contributed by atoms with Crippen LogP contribution in [-0.4, -0.2) is 19.6 Å². The van der Waals surface area contributed by atoms with Gasteiger partial charge >= 0.3 is 7.05 Å². The molecule has 0 bridgehead atoms. The van der Waals surface area contributed by atoms with Gasteiger partial charge in [-0.05, 0) is 6.82 Å². The van der Waals surface area contributed by atoms with Gasteiger partial charge in [0, 0.05) is 0 Å². The number of rotatable bonds is 0. The van der Waals surface area contributed by atoms with Crippen molar-refractivity contribution in [2.45, 2.75) is 6.82 Å². The summed E-state index contributed by atoms with van der Waals surface area (Å²) in [6.07, 6.45) is 0. The molecule has 0 atom stereocenters. The monoisotopic (exact) mass is 99.0 g/mol. The van der Waals surface area contributed by atoms with Gasteiger partial charge in [-0.15, -0.1) is 0 Å². The summed E-state index contributed by atoms with van der Waals surface area (Å²) in [6.45, 7) is 2.02. The fourth-order valence-corrected chi connectivity index (χ4v) is 0.511. The van der Waals surface area contributed by atoms with Gasteiger partial charge in [-0.2, -0.15) is 0 Å². The highest BCUT2D eigenvalue weighted by Crippen LogP contribution is 1.88. The number of carbonyl (C=O) groups is 1. The lowest BCUT2D eigenvalue weighted by molar-refractivity contribution is -0.119. The molecule has 1 N–H and O–H groups in total. The van der Waals surface area contributed by atoms with Crippen LogP contribution in [0.25, 0.3) is 0 Å². The van der Waals surface area contributed by atoms with Gasteiger partial charge in [-0.25, -0.2) is 0 Å². The van der Waals surface area contributed by atoms with Gasteiger partial charge in [-0.1, -0.05) is 0 Å². The molecule has 1 aliphatic heterocycles. The highest BCUT2D eigenvalue weighted by Gasteiger charge is 2.20. The van der Waals surface area contributed by atoms with Crippen molar-refractivity contribution in [3.63, 3.8) is 0 Å². The summed E-state index contributed by atoms with van der Waals surface area (Å²) in [5.41, 5.74) is 0. The molecule has 0 aromatic rings. The quantitative estimate of drug-likeness (QED) is 0.406. The molecule has 0 aromatic carbocycles. The highest BCUT2D eigenvalue weighted by atomic mass is 16.5. The maximum absolute atomic E-state index is 10.2. The van der Waals surface area contributed by atoms with Crippen LogP contribution in [0.5, 0.6) is 0 Å². The number of hydrogen-bond donors (Lipinski definition) is 1. The smallest absolute Gasteiger partial charge is 0.407 e. The van der Waals surface area contributed by atoms with E-state index in [1.807, 2.05) is 0 Å². The summed E-state index contributed by atoms with van der Waals surface area (Å²) in [5, 5.41) is 2.56. The average Bonchev–Trinajstić information content (AvgIpc) is 1.87. The first-order valence-corrected chi connectivity index (χ1v) is 2.20. The molecule has 1 amide bonds. The van der Waals surface area contributed by atoms with Crippen molar-refractivity contribution in [1.82, 2.24) is 5.23 Å². The van der Waals surface area contributed by atoms with E-state index in [1.54, 1.807) is 6.82 Å². The molecule has 1 saturated heterocycles. The van der Waals surface area contributed by atoms with Gasteiger partial charge in [0.25, 0.3) is 0 Å². The van der Waals surface area contributed by atoms with Gasteiger partial charge in [0.1, 0.15) is 6.61 Å². The molecule has 0 spiro atoms. The molecule has 0 aromatic heterocycles. The zero-order valence-electron chi connectivity index (χ0n) is 4.10. The maximum atomic E-state index is 10.2. The minimum Gasteiger partial charge on any atom is -0.407 e. The molecule has 0 unspecified atom stereocenters. The molecular weight excluding hydrogens is 92.8 g/mol. The van der Waals surface area contributed by atoms with Gasteiger partial charge in [-0.3, -0.25) is 4.79 Å². The largest absolute Gasteiger partial charge is 0.412 e. The molecule has 0 aliphatic carbocycles. The van der Waals surface area contributed by atoms with Crippen molar-refractivity contribution in [3.8, 4) is 0 Å².